The quantitative estimate of drug-likeness (QED) is 0.638. The third-order valence-electron chi connectivity index (χ3n) is 4.84. The third-order valence-corrected chi connectivity index (χ3v) is 7.09. The summed E-state index contributed by atoms with van der Waals surface area (Å²) in [6.45, 7) is 1.57. The summed E-state index contributed by atoms with van der Waals surface area (Å²) in [5, 5.41) is 4.42. The standard InChI is InChI=1S/C20H25N3O6S2/c1-5-31(26,27)23-19(17-11-10-16(28-2)12-20(17)29-3)13-18(21-23)14-6-8-15(9-7-14)22-30(4,24)25/h6-12,19,22H,5,13H2,1-4H3/t19-/m0/s1. The fraction of sp³-hybridized carbons (Fsp3) is 0.350. The number of sulfonamides is 2. The van der Waals surface area contributed by atoms with E-state index in [0.717, 1.165) is 10.7 Å². The molecule has 1 aliphatic heterocycles. The van der Waals surface area contributed by atoms with Crippen molar-refractivity contribution in [2.24, 2.45) is 5.10 Å². The van der Waals surface area contributed by atoms with E-state index < -0.39 is 26.1 Å². The van der Waals surface area contributed by atoms with Crippen LogP contribution in [0.5, 0.6) is 11.5 Å². The van der Waals surface area contributed by atoms with Gasteiger partial charge in [0.2, 0.25) is 20.0 Å². The zero-order valence-electron chi connectivity index (χ0n) is 17.7. The number of hydrazone groups is 1. The van der Waals surface area contributed by atoms with Crippen molar-refractivity contribution in [2.75, 3.05) is 31.0 Å². The van der Waals surface area contributed by atoms with Crippen LogP contribution in [0.25, 0.3) is 0 Å². The molecule has 0 aromatic heterocycles. The minimum atomic E-state index is -3.64. The molecule has 0 bridgehead atoms. The van der Waals surface area contributed by atoms with Gasteiger partial charge in [0.05, 0.1) is 38.0 Å². The highest BCUT2D eigenvalue weighted by atomic mass is 32.2. The van der Waals surface area contributed by atoms with Crippen LogP contribution in [0.3, 0.4) is 0 Å². The van der Waals surface area contributed by atoms with Gasteiger partial charge in [0.15, 0.2) is 0 Å². The van der Waals surface area contributed by atoms with Crippen molar-refractivity contribution < 1.29 is 26.3 Å². The second-order valence-corrected chi connectivity index (χ2v) is 10.9. The Balaban J connectivity index is 1.99. The Morgan fingerprint density at radius 1 is 1.06 bits per heavy atom. The van der Waals surface area contributed by atoms with E-state index in [-0.39, 0.29) is 5.75 Å². The molecule has 1 N–H and O–H groups in total. The topological polar surface area (TPSA) is 114 Å². The van der Waals surface area contributed by atoms with E-state index >= 15 is 0 Å². The van der Waals surface area contributed by atoms with Gasteiger partial charge >= 0.3 is 0 Å². The monoisotopic (exact) mass is 467 g/mol. The molecular weight excluding hydrogens is 442 g/mol. The molecule has 11 heteroatoms. The number of benzene rings is 2. The Morgan fingerprint density at radius 3 is 2.29 bits per heavy atom. The first-order valence-corrected chi connectivity index (χ1v) is 13.0. The molecule has 3 rings (SSSR count). The van der Waals surface area contributed by atoms with Crippen molar-refractivity contribution in [3.8, 4) is 11.5 Å². The lowest BCUT2D eigenvalue weighted by molar-refractivity contribution is 0.347. The second kappa shape index (κ2) is 8.75. The summed E-state index contributed by atoms with van der Waals surface area (Å²) in [4.78, 5) is 0. The van der Waals surface area contributed by atoms with Gasteiger partial charge in [-0.3, -0.25) is 4.72 Å². The van der Waals surface area contributed by atoms with Gasteiger partial charge in [-0.15, -0.1) is 0 Å². The van der Waals surface area contributed by atoms with Gasteiger partial charge in [0, 0.05) is 23.7 Å². The fourth-order valence-electron chi connectivity index (χ4n) is 3.32. The van der Waals surface area contributed by atoms with Gasteiger partial charge < -0.3 is 9.47 Å². The molecule has 1 atom stereocenters. The van der Waals surface area contributed by atoms with Crippen LogP contribution < -0.4 is 14.2 Å². The number of hydrogen-bond donors (Lipinski definition) is 1. The van der Waals surface area contributed by atoms with E-state index in [9.17, 15) is 16.8 Å². The third kappa shape index (κ3) is 5.10. The van der Waals surface area contributed by atoms with Gasteiger partial charge in [-0.1, -0.05) is 12.1 Å². The molecule has 0 aliphatic carbocycles. The SMILES string of the molecule is CCS(=O)(=O)N1N=C(c2ccc(NS(C)(=O)=O)cc2)C[C@H]1c1ccc(OC)cc1OC. The fourth-order valence-corrected chi connectivity index (χ4v) is 4.95. The number of rotatable bonds is 8. The summed E-state index contributed by atoms with van der Waals surface area (Å²) >= 11 is 0. The molecular formula is C20H25N3O6S2. The Morgan fingerprint density at radius 2 is 1.74 bits per heavy atom. The van der Waals surface area contributed by atoms with Crippen LogP contribution in [0.15, 0.2) is 47.6 Å². The molecule has 31 heavy (non-hydrogen) atoms. The molecule has 0 fully saturated rings. The van der Waals surface area contributed by atoms with Crippen molar-refractivity contribution in [1.29, 1.82) is 0 Å². The van der Waals surface area contributed by atoms with E-state index in [2.05, 4.69) is 9.82 Å². The predicted octanol–water partition coefficient (Wildman–Crippen LogP) is 2.58. The Kier molecular flexibility index (Phi) is 6.46. The number of ether oxygens (including phenoxy) is 2. The first-order chi connectivity index (χ1) is 14.6. The molecule has 168 valence electrons. The van der Waals surface area contributed by atoms with E-state index in [1.165, 1.54) is 7.11 Å². The molecule has 9 nitrogen and oxygen atoms in total. The van der Waals surface area contributed by atoms with Gasteiger partial charge in [-0.2, -0.15) is 9.52 Å². The highest BCUT2D eigenvalue weighted by Crippen LogP contribution is 2.40. The number of anilines is 1. The lowest BCUT2D eigenvalue weighted by Gasteiger charge is -2.24. The molecule has 1 heterocycles. The van der Waals surface area contributed by atoms with Crippen LogP contribution in [0.2, 0.25) is 0 Å². The molecule has 0 saturated heterocycles. The maximum Gasteiger partial charge on any atom is 0.250 e. The van der Waals surface area contributed by atoms with Crippen molar-refractivity contribution in [3.05, 3.63) is 53.6 Å². The molecule has 2 aromatic carbocycles. The van der Waals surface area contributed by atoms with Crippen LogP contribution in [0, 0.1) is 0 Å². The number of nitrogens with one attached hydrogen (secondary N) is 1. The van der Waals surface area contributed by atoms with Crippen LogP contribution in [0.1, 0.15) is 30.5 Å². The van der Waals surface area contributed by atoms with Crippen LogP contribution in [0.4, 0.5) is 5.69 Å². The lowest BCUT2D eigenvalue weighted by atomic mass is 9.98. The average molecular weight is 468 g/mol. The molecule has 0 radical (unpaired) electrons. The lowest BCUT2D eigenvalue weighted by Crippen LogP contribution is -2.28. The normalized spacial score (nSPS) is 16.7. The summed E-state index contributed by atoms with van der Waals surface area (Å²) < 4.78 is 62.6. The first kappa shape index (κ1) is 22.9. The number of nitrogens with zero attached hydrogens (tertiary/aromatic N) is 2. The molecule has 2 aromatic rings. The Bertz CT molecular complexity index is 1190. The van der Waals surface area contributed by atoms with Crippen LogP contribution in [-0.2, 0) is 20.0 Å². The van der Waals surface area contributed by atoms with Crippen molar-refractivity contribution in [3.63, 3.8) is 0 Å². The van der Waals surface area contributed by atoms with Crippen LogP contribution in [-0.4, -0.2) is 53.2 Å². The summed E-state index contributed by atoms with van der Waals surface area (Å²) in [5.74, 6) is 0.999. The van der Waals surface area contributed by atoms with Gasteiger partial charge in [0.1, 0.15) is 11.5 Å². The zero-order chi connectivity index (χ0) is 22.8. The summed E-state index contributed by atoms with van der Waals surface area (Å²) in [6.07, 6.45) is 1.41. The van der Waals surface area contributed by atoms with E-state index in [1.54, 1.807) is 56.5 Å². The minimum absolute atomic E-state index is 0.101. The van der Waals surface area contributed by atoms with Crippen LogP contribution >= 0.6 is 0 Å². The molecule has 0 unspecified atom stereocenters. The van der Waals surface area contributed by atoms with Crippen molar-refractivity contribution in [1.82, 2.24) is 4.41 Å². The zero-order valence-corrected chi connectivity index (χ0v) is 19.3. The largest absolute Gasteiger partial charge is 0.497 e. The summed E-state index contributed by atoms with van der Waals surface area (Å²) in [7, 11) is -3.97. The van der Waals surface area contributed by atoms with Crippen molar-refractivity contribution >= 4 is 31.4 Å². The number of methoxy groups -OCH3 is 2. The highest BCUT2D eigenvalue weighted by Gasteiger charge is 2.37. The predicted molar refractivity (Wildman–Crippen MR) is 120 cm³/mol. The van der Waals surface area contributed by atoms with E-state index in [0.29, 0.717) is 40.4 Å². The maximum absolute atomic E-state index is 12.8. The number of hydrogen-bond acceptors (Lipinski definition) is 7. The second-order valence-electron chi connectivity index (χ2n) is 7.00. The maximum atomic E-state index is 12.8. The van der Waals surface area contributed by atoms with E-state index in [4.69, 9.17) is 9.47 Å². The van der Waals surface area contributed by atoms with Gasteiger partial charge in [-0.05, 0) is 36.8 Å². The Labute approximate surface area is 182 Å². The average Bonchev–Trinajstić information content (AvgIpc) is 3.18. The molecule has 0 spiro atoms. The summed E-state index contributed by atoms with van der Waals surface area (Å²) in [6, 6.07) is 11.3. The van der Waals surface area contributed by atoms with E-state index in [1.807, 2.05) is 0 Å². The Hall–Kier alpha value is -2.79. The first-order valence-electron chi connectivity index (χ1n) is 9.47. The molecule has 0 saturated carbocycles. The van der Waals surface area contributed by atoms with Gasteiger partial charge in [-0.25, -0.2) is 16.8 Å². The molecule has 1 aliphatic rings. The highest BCUT2D eigenvalue weighted by molar-refractivity contribution is 7.92. The smallest absolute Gasteiger partial charge is 0.250 e. The minimum Gasteiger partial charge on any atom is -0.497 e. The summed E-state index contributed by atoms with van der Waals surface area (Å²) in [5.41, 5.74) is 2.36. The van der Waals surface area contributed by atoms with Crippen molar-refractivity contribution in [2.45, 2.75) is 19.4 Å². The van der Waals surface area contributed by atoms with Gasteiger partial charge in [0.25, 0.3) is 0 Å². The molecule has 0 amide bonds.